The van der Waals surface area contributed by atoms with Gasteiger partial charge in [0.15, 0.2) is 0 Å². The maximum Gasteiger partial charge on any atom is 0.141 e. The van der Waals surface area contributed by atoms with Gasteiger partial charge in [0.05, 0.1) is 19.0 Å². The molecule has 0 fully saturated rings. The molecule has 0 amide bonds. The number of aromatic nitrogens is 1. The Hall–Kier alpha value is -1.88. The van der Waals surface area contributed by atoms with Gasteiger partial charge in [-0.2, -0.15) is 0 Å². The van der Waals surface area contributed by atoms with Crippen LogP contribution in [0.3, 0.4) is 0 Å². The highest BCUT2D eigenvalue weighted by Gasteiger charge is 2.14. The largest absolute Gasteiger partial charge is 0.467 e. The molecule has 2 heterocycles. The first-order chi connectivity index (χ1) is 10.2. The van der Waals surface area contributed by atoms with Gasteiger partial charge in [0.25, 0.3) is 0 Å². The van der Waals surface area contributed by atoms with E-state index in [4.69, 9.17) is 4.42 Å². The number of hydrogen-bond donors (Lipinski definition) is 1. The molecule has 4 nitrogen and oxygen atoms in total. The minimum absolute atomic E-state index is 0.305. The summed E-state index contributed by atoms with van der Waals surface area (Å²) in [6.07, 6.45) is 3.97. The summed E-state index contributed by atoms with van der Waals surface area (Å²) in [5, 5.41) is 3.30. The average molecular weight is 291 g/mol. The van der Waals surface area contributed by atoms with Gasteiger partial charge in [0, 0.05) is 18.7 Å². The van der Waals surface area contributed by atoms with Crippen LogP contribution in [-0.2, 0) is 13.1 Å². The van der Waals surface area contributed by atoms with Crippen LogP contribution in [0.25, 0.3) is 0 Å². The van der Waals surface area contributed by atoms with Crippen LogP contribution in [0.15, 0.2) is 35.1 Å². The van der Waals surface area contributed by atoms with E-state index in [9.17, 15) is 4.39 Å². The summed E-state index contributed by atoms with van der Waals surface area (Å²) in [4.78, 5) is 6.36. The van der Waals surface area contributed by atoms with Crippen LogP contribution in [0.1, 0.15) is 31.6 Å². The molecule has 2 aromatic heterocycles. The lowest BCUT2D eigenvalue weighted by Crippen LogP contribution is -2.26. The molecule has 0 aromatic carbocycles. The highest BCUT2D eigenvalue weighted by Crippen LogP contribution is 2.21. The summed E-state index contributed by atoms with van der Waals surface area (Å²) in [5.41, 5.74) is 0.872. The minimum atomic E-state index is -0.305. The maximum absolute atomic E-state index is 13.5. The molecule has 0 bridgehead atoms. The molecule has 21 heavy (non-hydrogen) atoms. The smallest absolute Gasteiger partial charge is 0.141 e. The lowest BCUT2D eigenvalue weighted by molar-refractivity contribution is 0.502. The molecular formula is C16H22FN3O. The van der Waals surface area contributed by atoms with Gasteiger partial charge in [-0.3, -0.25) is 0 Å². The van der Waals surface area contributed by atoms with Crippen molar-refractivity contribution in [2.45, 2.75) is 33.4 Å². The van der Waals surface area contributed by atoms with Crippen LogP contribution in [0, 0.1) is 5.82 Å². The lowest BCUT2D eigenvalue weighted by Gasteiger charge is -2.23. The number of pyridine rings is 1. The molecule has 0 unspecified atom stereocenters. The molecule has 0 radical (unpaired) electrons. The zero-order chi connectivity index (χ0) is 15.1. The quantitative estimate of drug-likeness (QED) is 0.757. The number of nitrogens with zero attached hydrogens (tertiary/aromatic N) is 2. The van der Waals surface area contributed by atoms with Gasteiger partial charge in [0.1, 0.15) is 17.4 Å². The first kappa shape index (κ1) is 15.5. The van der Waals surface area contributed by atoms with Crippen LogP contribution in [-0.4, -0.2) is 18.1 Å². The summed E-state index contributed by atoms with van der Waals surface area (Å²) in [6.45, 7) is 7.08. The third-order valence-electron chi connectivity index (χ3n) is 3.26. The van der Waals surface area contributed by atoms with Crippen LogP contribution in [0.5, 0.6) is 0 Å². The molecule has 2 aromatic rings. The minimum Gasteiger partial charge on any atom is -0.467 e. The standard InChI is InChI=1S/C16H22FN3O/c1-3-7-18-10-13-9-14(17)11-19-16(13)20(4-2)12-15-6-5-8-21-15/h5-6,8-9,11,18H,3-4,7,10,12H2,1-2H3. The van der Waals surface area contributed by atoms with E-state index in [1.165, 1.54) is 6.20 Å². The van der Waals surface area contributed by atoms with Gasteiger partial charge in [-0.05, 0) is 38.1 Å². The maximum atomic E-state index is 13.5. The molecular weight excluding hydrogens is 269 g/mol. The Morgan fingerprint density at radius 2 is 2.24 bits per heavy atom. The molecule has 0 saturated heterocycles. The highest BCUT2D eigenvalue weighted by atomic mass is 19.1. The summed E-state index contributed by atoms with van der Waals surface area (Å²) < 4.78 is 18.9. The van der Waals surface area contributed by atoms with Crippen molar-refractivity contribution < 1.29 is 8.81 Å². The molecule has 2 rings (SSSR count). The third kappa shape index (κ3) is 4.29. The van der Waals surface area contributed by atoms with Gasteiger partial charge in [-0.1, -0.05) is 6.92 Å². The van der Waals surface area contributed by atoms with Gasteiger partial charge < -0.3 is 14.6 Å². The fraction of sp³-hybridized carbons (Fsp3) is 0.438. The van der Waals surface area contributed by atoms with Crippen molar-refractivity contribution >= 4 is 5.82 Å². The highest BCUT2D eigenvalue weighted by molar-refractivity contribution is 5.47. The van der Waals surface area contributed by atoms with E-state index in [-0.39, 0.29) is 5.82 Å². The van der Waals surface area contributed by atoms with E-state index >= 15 is 0 Å². The normalized spacial score (nSPS) is 10.8. The van der Waals surface area contributed by atoms with Crippen LogP contribution in [0.4, 0.5) is 10.2 Å². The molecule has 0 aliphatic rings. The van der Waals surface area contributed by atoms with E-state index in [1.54, 1.807) is 12.3 Å². The molecule has 0 aliphatic heterocycles. The Bertz CT molecular complexity index is 542. The van der Waals surface area contributed by atoms with E-state index in [1.807, 2.05) is 12.1 Å². The van der Waals surface area contributed by atoms with Crippen LogP contribution in [0.2, 0.25) is 0 Å². The van der Waals surface area contributed by atoms with Crippen molar-refractivity contribution in [1.29, 1.82) is 0 Å². The van der Waals surface area contributed by atoms with Crippen molar-refractivity contribution in [3.63, 3.8) is 0 Å². The predicted molar refractivity (Wildman–Crippen MR) is 81.6 cm³/mol. The number of anilines is 1. The molecule has 0 aliphatic carbocycles. The van der Waals surface area contributed by atoms with Gasteiger partial charge in [-0.15, -0.1) is 0 Å². The Balaban J connectivity index is 2.18. The zero-order valence-corrected chi connectivity index (χ0v) is 12.6. The first-order valence-corrected chi connectivity index (χ1v) is 7.37. The Kier molecular flexibility index (Phi) is 5.75. The summed E-state index contributed by atoms with van der Waals surface area (Å²) in [7, 11) is 0. The molecule has 0 saturated carbocycles. The van der Waals surface area contributed by atoms with Crippen molar-refractivity contribution in [1.82, 2.24) is 10.3 Å². The second-order valence-corrected chi connectivity index (χ2v) is 4.91. The van der Waals surface area contributed by atoms with Crippen molar-refractivity contribution in [3.8, 4) is 0 Å². The Morgan fingerprint density at radius 3 is 2.90 bits per heavy atom. The number of rotatable bonds is 8. The molecule has 0 atom stereocenters. The first-order valence-electron chi connectivity index (χ1n) is 7.37. The summed E-state index contributed by atoms with van der Waals surface area (Å²) >= 11 is 0. The van der Waals surface area contributed by atoms with Crippen molar-refractivity contribution in [2.24, 2.45) is 0 Å². The Labute approximate surface area is 125 Å². The van der Waals surface area contributed by atoms with Crippen LogP contribution >= 0.6 is 0 Å². The summed E-state index contributed by atoms with van der Waals surface area (Å²) in [5.74, 6) is 1.37. The van der Waals surface area contributed by atoms with Crippen molar-refractivity contribution in [3.05, 3.63) is 47.8 Å². The Morgan fingerprint density at radius 1 is 1.38 bits per heavy atom. The molecule has 1 N–H and O–H groups in total. The van der Waals surface area contributed by atoms with E-state index < -0.39 is 0 Å². The van der Waals surface area contributed by atoms with Gasteiger partial charge in [-0.25, -0.2) is 9.37 Å². The molecule has 5 heteroatoms. The number of nitrogens with one attached hydrogen (secondary N) is 1. The fourth-order valence-electron chi connectivity index (χ4n) is 2.22. The fourth-order valence-corrected chi connectivity index (χ4v) is 2.22. The van der Waals surface area contributed by atoms with E-state index in [0.29, 0.717) is 13.1 Å². The predicted octanol–water partition coefficient (Wildman–Crippen LogP) is 3.34. The number of halogens is 1. The number of hydrogen-bond acceptors (Lipinski definition) is 4. The zero-order valence-electron chi connectivity index (χ0n) is 12.6. The third-order valence-corrected chi connectivity index (χ3v) is 3.26. The van der Waals surface area contributed by atoms with E-state index in [0.717, 1.165) is 36.7 Å². The van der Waals surface area contributed by atoms with Crippen molar-refractivity contribution in [2.75, 3.05) is 18.0 Å². The second-order valence-electron chi connectivity index (χ2n) is 4.91. The van der Waals surface area contributed by atoms with E-state index in [2.05, 4.69) is 29.0 Å². The molecule has 0 spiro atoms. The SMILES string of the molecule is CCCNCc1cc(F)cnc1N(CC)Cc1ccco1. The lowest BCUT2D eigenvalue weighted by atomic mass is 10.2. The summed E-state index contributed by atoms with van der Waals surface area (Å²) in [6, 6.07) is 5.35. The monoisotopic (exact) mass is 291 g/mol. The second kappa shape index (κ2) is 7.78. The molecule has 114 valence electrons. The topological polar surface area (TPSA) is 41.3 Å². The average Bonchev–Trinajstić information content (AvgIpc) is 2.99. The van der Waals surface area contributed by atoms with Gasteiger partial charge in [0.2, 0.25) is 0 Å². The van der Waals surface area contributed by atoms with Crippen LogP contribution < -0.4 is 10.2 Å². The van der Waals surface area contributed by atoms with Gasteiger partial charge >= 0.3 is 0 Å². The number of furan rings is 1.